The van der Waals surface area contributed by atoms with Crippen LogP contribution in [0.5, 0.6) is 0 Å². The van der Waals surface area contributed by atoms with Crippen molar-refractivity contribution in [3.63, 3.8) is 0 Å². The van der Waals surface area contributed by atoms with E-state index in [0.29, 0.717) is 6.04 Å². The molecule has 0 spiro atoms. The summed E-state index contributed by atoms with van der Waals surface area (Å²) in [6.45, 7) is 6.56. The van der Waals surface area contributed by atoms with Gasteiger partial charge in [0, 0.05) is 18.7 Å². The van der Waals surface area contributed by atoms with E-state index in [1.165, 1.54) is 25.7 Å². The SMILES string of the molecule is CC(C)(C)C(N)Cc1ccn(C2CCCC2)n1. The highest BCUT2D eigenvalue weighted by Crippen LogP contribution is 2.29. The third kappa shape index (κ3) is 3.09. The maximum atomic E-state index is 6.20. The van der Waals surface area contributed by atoms with Crippen molar-refractivity contribution in [2.45, 2.75) is 65.0 Å². The molecular weight excluding hydrogens is 210 g/mol. The van der Waals surface area contributed by atoms with Gasteiger partial charge in [-0.3, -0.25) is 4.68 Å². The summed E-state index contributed by atoms with van der Waals surface area (Å²) in [5.41, 5.74) is 7.48. The van der Waals surface area contributed by atoms with Crippen LogP contribution in [0.15, 0.2) is 12.3 Å². The van der Waals surface area contributed by atoms with Gasteiger partial charge < -0.3 is 5.73 Å². The molecule has 0 aliphatic heterocycles. The Hall–Kier alpha value is -0.830. The van der Waals surface area contributed by atoms with Crippen molar-refractivity contribution >= 4 is 0 Å². The summed E-state index contributed by atoms with van der Waals surface area (Å²) < 4.78 is 2.15. The molecule has 0 aromatic carbocycles. The van der Waals surface area contributed by atoms with Gasteiger partial charge in [0.1, 0.15) is 0 Å². The predicted octanol–water partition coefficient (Wildman–Crippen LogP) is 2.91. The normalized spacial score (nSPS) is 19.8. The summed E-state index contributed by atoms with van der Waals surface area (Å²) in [7, 11) is 0. The number of nitrogens with two attached hydrogens (primary N) is 1. The van der Waals surface area contributed by atoms with Crippen LogP contribution in [-0.4, -0.2) is 15.8 Å². The largest absolute Gasteiger partial charge is 0.327 e. The Morgan fingerprint density at radius 3 is 2.65 bits per heavy atom. The predicted molar refractivity (Wildman–Crippen MR) is 70.9 cm³/mol. The average molecular weight is 235 g/mol. The van der Waals surface area contributed by atoms with Crippen LogP contribution in [0.1, 0.15) is 58.2 Å². The van der Waals surface area contributed by atoms with Crippen LogP contribution in [0.4, 0.5) is 0 Å². The lowest BCUT2D eigenvalue weighted by atomic mass is 9.85. The van der Waals surface area contributed by atoms with Gasteiger partial charge >= 0.3 is 0 Å². The molecule has 1 heterocycles. The van der Waals surface area contributed by atoms with Crippen molar-refractivity contribution in [1.29, 1.82) is 0 Å². The minimum absolute atomic E-state index is 0.150. The fraction of sp³-hybridized carbons (Fsp3) is 0.786. The third-order valence-electron chi connectivity index (χ3n) is 3.90. The van der Waals surface area contributed by atoms with Gasteiger partial charge in [0.15, 0.2) is 0 Å². The zero-order valence-corrected chi connectivity index (χ0v) is 11.3. The third-order valence-corrected chi connectivity index (χ3v) is 3.90. The van der Waals surface area contributed by atoms with E-state index in [2.05, 4.69) is 42.8 Å². The summed E-state index contributed by atoms with van der Waals surface area (Å²) in [5, 5.41) is 4.68. The average Bonchev–Trinajstić information content (AvgIpc) is 2.83. The van der Waals surface area contributed by atoms with Gasteiger partial charge in [-0.2, -0.15) is 5.10 Å². The fourth-order valence-electron chi connectivity index (χ4n) is 2.39. The van der Waals surface area contributed by atoms with Gasteiger partial charge in [0.2, 0.25) is 0 Å². The maximum absolute atomic E-state index is 6.20. The molecule has 3 heteroatoms. The van der Waals surface area contributed by atoms with Crippen LogP contribution in [0.2, 0.25) is 0 Å². The van der Waals surface area contributed by atoms with Gasteiger partial charge in [0.25, 0.3) is 0 Å². The Labute approximate surface area is 104 Å². The van der Waals surface area contributed by atoms with Gasteiger partial charge in [-0.25, -0.2) is 0 Å². The lowest BCUT2D eigenvalue weighted by Gasteiger charge is -2.26. The lowest BCUT2D eigenvalue weighted by molar-refractivity contribution is 0.315. The molecule has 1 aromatic rings. The number of nitrogens with zero attached hydrogens (tertiary/aromatic N) is 2. The lowest BCUT2D eigenvalue weighted by Crippen LogP contribution is -2.37. The minimum atomic E-state index is 0.150. The first-order chi connectivity index (χ1) is 7.97. The second kappa shape index (κ2) is 4.81. The second-order valence-electron chi connectivity index (χ2n) is 6.40. The number of aromatic nitrogens is 2. The number of hydrogen-bond donors (Lipinski definition) is 1. The summed E-state index contributed by atoms with van der Waals surface area (Å²) in [5.74, 6) is 0. The van der Waals surface area contributed by atoms with E-state index < -0.39 is 0 Å². The minimum Gasteiger partial charge on any atom is -0.327 e. The Morgan fingerprint density at radius 1 is 1.41 bits per heavy atom. The van der Waals surface area contributed by atoms with E-state index in [1.54, 1.807) is 0 Å². The molecular formula is C14H25N3. The second-order valence-corrected chi connectivity index (χ2v) is 6.40. The Kier molecular flexibility index (Phi) is 3.57. The van der Waals surface area contributed by atoms with Crippen LogP contribution in [0, 0.1) is 5.41 Å². The van der Waals surface area contributed by atoms with Crippen LogP contribution in [0.25, 0.3) is 0 Å². The molecule has 1 aliphatic carbocycles. The van der Waals surface area contributed by atoms with E-state index in [0.717, 1.165) is 12.1 Å². The molecule has 1 unspecified atom stereocenters. The van der Waals surface area contributed by atoms with Crippen LogP contribution in [0.3, 0.4) is 0 Å². The van der Waals surface area contributed by atoms with Crippen LogP contribution in [-0.2, 0) is 6.42 Å². The summed E-state index contributed by atoms with van der Waals surface area (Å²) >= 11 is 0. The number of hydrogen-bond acceptors (Lipinski definition) is 2. The zero-order chi connectivity index (χ0) is 12.5. The van der Waals surface area contributed by atoms with E-state index in [4.69, 9.17) is 5.73 Å². The van der Waals surface area contributed by atoms with Crippen LogP contribution >= 0.6 is 0 Å². The van der Waals surface area contributed by atoms with Gasteiger partial charge in [-0.05, 0) is 24.3 Å². The number of rotatable bonds is 3. The highest BCUT2D eigenvalue weighted by Gasteiger charge is 2.22. The van der Waals surface area contributed by atoms with Crippen molar-refractivity contribution in [1.82, 2.24) is 9.78 Å². The van der Waals surface area contributed by atoms with E-state index >= 15 is 0 Å². The van der Waals surface area contributed by atoms with Crippen molar-refractivity contribution in [3.05, 3.63) is 18.0 Å². The monoisotopic (exact) mass is 235 g/mol. The first kappa shape index (κ1) is 12.6. The molecule has 2 rings (SSSR count). The topological polar surface area (TPSA) is 43.8 Å². The molecule has 0 amide bonds. The molecule has 2 N–H and O–H groups in total. The maximum Gasteiger partial charge on any atom is 0.0640 e. The molecule has 0 saturated heterocycles. The van der Waals surface area contributed by atoms with E-state index in [9.17, 15) is 0 Å². The molecule has 1 fully saturated rings. The molecule has 1 aliphatic rings. The Morgan fingerprint density at radius 2 is 2.06 bits per heavy atom. The van der Waals surface area contributed by atoms with Crippen molar-refractivity contribution < 1.29 is 0 Å². The van der Waals surface area contributed by atoms with Gasteiger partial charge in [-0.1, -0.05) is 33.6 Å². The van der Waals surface area contributed by atoms with Crippen molar-refractivity contribution in [2.75, 3.05) is 0 Å². The molecule has 96 valence electrons. The molecule has 1 atom stereocenters. The smallest absolute Gasteiger partial charge is 0.0640 e. The summed E-state index contributed by atoms with van der Waals surface area (Å²) in [6.07, 6.45) is 8.27. The van der Waals surface area contributed by atoms with E-state index in [-0.39, 0.29) is 11.5 Å². The highest BCUT2D eigenvalue weighted by molar-refractivity contribution is 5.03. The summed E-state index contributed by atoms with van der Waals surface area (Å²) in [6, 6.07) is 2.94. The standard InChI is InChI=1S/C14H25N3/c1-14(2,3)13(15)10-11-8-9-17(16-11)12-6-4-5-7-12/h8-9,12-13H,4-7,10,15H2,1-3H3. The van der Waals surface area contributed by atoms with Crippen molar-refractivity contribution in [2.24, 2.45) is 11.1 Å². The molecule has 1 saturated carbocycles. The van der Waals surface area contributed by atoms with Crippen molar-refractivity contribution in [3.8, 4) is 0 Å². The highest BCUT2D eigenvalue weighted by atomic mass is 15.3. The molecule has 0 bridgehead atoms. The first-order valence-corrected chi connectivity index (χ1v) is 6.76. The molecule has 0 radical (unpaired) electrons. The quantitative estimate of drug-likeness (QED) is 0.875. The van der Waals surface area contributed by atoms with E-state index in [1.807, 2.05) is 0 Å². The summed E-state index contributed by atoms with van der Waals surface area (Å²) in [4.78, 5) is 0. The van der Waals surface area contributed by atoms with Crippen LogP contribution < -0.4 is 5.73 Å². The molecule has 3 nitrogen and oxygen atoms in total. The fourth-order valence-corrected chi connectivity index (χ4v) is 2.39. The van der Waals surface area contributed by atoms with Gasteiger partial charge in [0.05, 0.1) is 11.7 Å². The zero-order valence-electron chi connectivity index (χ0n) is 11.3. The van der Waals surface area contributed by atoms with Gasteiger partial charge in [-0.15, -0.1) is 0 Å². The molecule has 1 aromatic heterocycles. The Bertz CT molecular complexity index is 356. The Balaban J connectivity index is 1.98. The first-order valence-electron chi connectivity index (χ1n) is 6.76. The molecule has 17 heavy (non-hydrogen) atoms.